The molecular weight excluding hydrogens is 365 g/mol. The number of hydrogen-bond acceptors (Lipinski definition) is 5. The quantitative estimate of drug-likeness (QED) is 0.574. The van der Waals surface area contributed by atoms with E-state index in [1.807, 2.05) is 0 Å². The van der Waals surface area contributed by atoms with Gasteiger partial charge in [0.15, 0.2) is 0 Å². The summed E-state index contributed by atoms with van der Waals surface area (Å²) in [6.45, 7) is 0. The average molecular weight is 378 g/mol. The SMILES string of the molecule is COC(=O)Cc1nc(-c2ccc(Cl)cc2)oc1Oc1ccc(Cl)cc1. The molecule has 3 rings (SSSR count). The Kier molecular flexibility index (Phi) is 5.26. The van der Waals surface area contributed by atoms with Crippen molar-refractivity contribution in [2.75, 3.05) is 7.11 Å². The van der Waals surface area contributed by atoms with Crippen LogP contribution in [0.25, 0.3) is 11.5 Å². The Bertz CT molecular complexity index is 873. The summed E-state index contributed by atoms with van der Waals surface area (Å²) in [5.41, 5.74) is 1.05. The van der Waals surface area contributed by atoms with E-state index in [2.05, 4.69) is 4.98 Å². The van der Waals surface area contributed by atoms with Gasteiger partial charge in [0, 0.05) is 15.6 Å². The van der Waals surface area contributed by atoms with Gasteiger partial charge in [-0.05, 0) is 48.5 Å². The van der Waals surface area contributed by atoms with Crippen molar-refractivity contribution in [2.24, 2.45) is 0 Å². The fraction of sp³-hybridized carbons (Fsp3) is 0.111. The zero-order valence-electron chi connectivity index (χ0n) is 13.2. The number of rotatable bonds is 5. The summed E-state index contributed by atoms with van der Waals surface area (Å²) in [6.07, 6.45) is -0.0729. The van der Waals surface area contributed by atoms with Crippen LogP contribution in [0.1, 0.15) is 5.69 Å². The molecule has 0 bridgehead atoms. The first-order valence-corrected chi connectivity index (χ1v) is 8.06. The molecule has 0 amide bonds. The second-order valence-electron chi connectivity index (χ2n) is 5.07. The van der Waals surface area contributed by atoms with Gasteiger partial charge in [-0.15, -0.1) is 0 Å². The van der Waals surface area contributed by atoms with Gasteiger partial charge in [0.25, 0.3) is 0 Å². The number of methoxy groups -OCH3 is 1. The van der Waals surface area contributed by atoms with Crippen molar-refractivity contribution in [1.82, 2.24) is 4.98 Å². The molecule has 0 aliphatic carbocycles. The van der Waals surface area contributed by atoms with E-state index in [1.165, 1.54) is 7.11 Å². The fourth-order valence-corrected chi connectivity index (χ4v) is 2.32. The number of hydrogen-bond donors (Lipinski definition) is 0. The van der Waals surface area contributed by atoms with Gasteiger partial charge in [0.05, 0.1) is 13.5 Å². The van der Waals surface area contributed by atoms with Crippen LogP contribution in [0.2, 0.25) is 10.0 Å². The summed E-state index contributed by atoms with van der Waals surface area (Å²) in [6, 6.07) is 13.7. The smallest absolute Gasteiger partial charge is 0.315 e. The number of oxazole rings is 1. The minimum Gasteiger partial charge on any atom is -0.469 e. The molecule has 0 unspecified atom stereocenters. The van der Waals surface area contributed by atoms with Crippen molar-refractivity contribution in [1.29, 1.82) is 0 Å². The number of carbonyl (C=O) groups excluding carboxylic acids is 1. The van der Waals surface area contributed by atoms with Gasteiger partial charge in [-0.1, -0.05) is 23.2 Å². The van der Waals surface area contributed by atoms with Crippen LogP contribution in [-0.4, -0.2) is 18.1 Å². The van der Waals surface area contributed by atoms with Crippen LogP contribution in [-0.2, 0) is 16.0 Å². The minimum atomic E-state index is -0.447. The maximum atomic E-state index is 11.6. The van der Waals surface area contributed by atoms with E-state index >= 15 is 0 Å². The average Bonchev–Trinajstić information content (AvgIpc) is 3.00. The molecule has 25 heavy (non-hydrogen) atoms. The van der Waals surface area contributed by atoms with E-state index in [0.29, 0.717) is 32.9 Å². The van der Waals surface area contributed by atoms with Gasteiger partial charge in [0.1, 0.15) is 11.4 Å². The standard InChI is InChI=1S/C18H13Cl2NO4/c1-23-16(22)10-15-18(24-14-8-6-13(20)7-9-14)25-17(21-15)11-2-4-12(19)5-3-11/h2-9H,10H2,1H3. The normalized spacial score (nSPS) is 10.5. The van der Waals surface area contributed by atoms with Crippen LogP contribution >= 0.6 is 23.2 Å². The number of carbonyl (C=O) groups is 1. The molecule has 0 saturated carbocycles. The molecular formula is C18H13Cl2NO4. The largest absolute Gasteiger partial charge is 0.469 e. The Morgan fingerprint density at radius 2 is 1.64 bits per heavy atom. The molecule has 0 N–H and O–H groups in total. The maximum Gasteiger partial charge on any atom is 0.315 e. The molecule has 1 aromatic heterocycles. The summed E-state index contributed by atoms with van der Waals surface area (Å²) < 4.78 is 16.1. The third kappa shape index (κ3) is 4.32. The number of benzene rings is 2. The summed E-state index contributed by atoms with van der Waals surface area (Å²) in [4.78, 5) is 16.0. The molecule has 2 aromatic carbocycles. The van der Waals surface area contributed by atoms with Crippen LogP contribution in [0, 0.1) is 0 Å². The number of aromatic nitrogens is 1. The highest BCUT2D eigenvalue weighted by Crippen LogP contribution is 2.32. The molecule has 128 valence electrons. The van der Waals surface area contributed by atoms with E-state index < -0.39 is 5.97 Å². The van der Waals surface area contributed by atoms with Crippen LogP contribution in [0.15, 0.2) is 52.9 Å². The van der Waals surface area contributed by atoms with Crippen molar-refractivity contribution >= 4 is 29.2 Å². The van der Waals surface area contributed by atoms with E-state index in [9.17, 15) is 4.79 Å². The highest BCUT2D eigenvalue weighted by atomic mass is 35.5. The fourth-order valence-electron chi connectivity index (χ4n) is 2.06. The number of nitrogens with zero attached hydrogens (tertiary/aromatic N) is 1. The Morgan fingerprint density at radius 3 is 2.24 bits per heavy atom. The van der Waals surface area contributed by atoms with Gasteiger partial charge < -0.3 is 13.9 Å². The maximum absolute atomic E-state index is 11.6. The Balaban J connectivity index is 1.94. The van der Waals surface area contributed by atoms with Crippen molar-refractivity contribution in [2.45, 2.75) is 6.42 Å². The lowest BCUT2D eigenvalue weighted by Crippen LogP contribution is -2.05. The number of esters is 1. The first-order valence-electron chi connectivity index (χ1n) is 7.31. The minimum absolute atomic E-state index is 0.0729. The Labute approximate surface area is 154 Å². The zero-order valence-corrected chi connectivity index (χ0v) is 14.7. The van der Waals surface area contributed by atoms with Gasteiger partial charge in [-0.3, -0.25) is 4.79 Å². The van der Waals surface area contributed by atoms with Crippen molar-refractivity contribution in [3.05, 3.63) is 64.3 Å². The predicted molar refractivity (Wildman–Crippen MR) is 94.2 cm³/mol. The first-order chi connectivity index (χ1) is 12.0. The molecule has 1 heterocycles. The second kappa shape index (κ2) is 7.59. The Hall–Kier alpha value is -2.50. The van der Waals surface area contributed by atoms with Gasteiger partial charge in [-0.2, -0.15) is 0 Å². The van der Waals surface area contributed by atoms with Crippen LogP contribution in [0.5, 0.6) is 11.7 Å². The van der Waals surface area contributed by atoms with Crippen molar-refractivity contribution in [3.8, 4) is 23.1 Å². The molecule has 0 radical (unpaired) electrons. The summed E-state index contributed by atoms with van der Waals surface area (Å²) in [5.74, 6) is 0.503. The highest BCUT2D eigenvalue weighted by Gasteiger charge is 2.20. The van der Waals surface area contributed by atoms with Crippen molar-refractivity contribution in [3.63, 3.8) is 0 Å². The molecule has 0 aliphatic heterocycles. The third-order valence-corrected chi connectivity index (χ3v) is 3.82. The predicted octanol–water partition coefficient (Wildman–Crippen LogP) is 5.16. The molecule has 0 saturated heterocycles. The van der Waals surface area contributed by atoms with Gasteiger partial charge >= 0.3 is 11.9 Å². The Morgan fingerprint density at radius 1 is 1.04 bits per heavy atom. The van der Waals surface area contributed by atoms with Gasteiger partial charge in [-0.25, -0.2) is 4.98 Å². The van der Waals surface area contributed by atoms with Crippen LogP contribution < -0.4 is 4.74 Å². The lowest BCUT2D eigenvalue weighted by atomic mass is 10.2. The summed E-state index contributed by atoms with van der Waals surface area (Å²) in [7, 11) is 1.31. The summed E-state index contributed by atoms with van der Waals surface area (Å²) in [5, 5.41) is 1.18. The molecule has 0 spiro atoms. The second-order valence-corrected chi connectivity index (χ2v) is 5.94. The molecule has 0 fully saturated rings. The van der Waals surface area contributed by atoms with E-state index in [-0.39, 0.29) is 12.4 Å². The monoisotopic (exact) mass is 377 g/mol. The van der Waals surface area contributed by atoms with Crippen molar-refractivity contribution < 1.29 is 18.7 Å². The molecule has 7 heteroatoms. The van der Waals surface area contributed by atoms with Crippen LogP contribution in [0.4, 0.5) is 0 Å². The zero-order chi connectivity index (χ0) is 17.8. The molecule has 5 nitrogen and oxygen atoms in total. The highest BCUT2D eigenvalue weighted by molar-refractivity contribution is 6.30. The number of ether oxygens (including phenoxy) is 2. The first kappa shape index (κ1) is 17.3. The lowest BCUT2D eigenvalue weighted by Gasteiger charge is -2.03. The van der Waals surface area contributed by atoms with Crippen LogP contribution in [0.3, 0.4) is 0 Å². The van der Waals surface area contributed by atoms with Gasteiger partial charge in [0.2, 0.25) is 5.89 Å². The van der Waals surface area contributed by atoms with E-state index in [0.717, 1.165) is 0 Å². The third-order valence-electron chi connectivity index (χ3n) is 3.32. The number of halogens is 2. The topological polar surface area (TPSA) is 61.6 Å². The molecule has 3 aromatic rings. The lowest BCUT2D eigenvalue weighted by molar-refractivity contribution is -0.139. The summed E-state index contributed by atoms with van der Waals surface area (Å²) >= 11 is 11.8. The van der Waals surface area contributed by atoms with E-state index in [1.54, 1.807) is 48.5 Å². The molecule has 0 aliphatic rings. The van der Waals surface area contributed by atoms with E-state index in [4.69, 9.17) is 37.1 Å². The molecule has 0 atom stereocenters.